The van der Waals surface area contributed by atoms with Crippen LogP contribution in [0.4, 0.5) is 20.5 Å². The monoisotopic (exact) mass is 528 g/mol. The van der Waals surface area contributed by atoms with Gasteiger partial charge in [0, 0.05) is 80.7 Å². The third-order valence-electron chi connectivity index (χ3n) is 7.73. The van der Waals surface area contributed by atoms with Crippen molar-refractivity contribution in [1.29, 1.82) is 0 Å². The van der Waals surface area contributed by atoms with Gasteiger partial charge in [-0.1, -0.05) is 5.92 Å². The Morgan fingerprint density at radius 2 is 1.95 bits per heavy atom. The number of nitrogens with one attached hydrogen (secondary N) is 1. The van der Waals surface area contributed by atoms with E-state index in [9.17, 15) is 4.39 Å². The Morgan fingerprint density at radius 1 is 1.13 bits per heavy atom. The van der Waals surface area contributed by atoms with Crippen LogP contribution in [-0.2, 0) is 0 Å². The molecule has 1 atom stereocenters. The molecule has 0 unspecified atom stereocenters. The molecular formula is C29H30F2N8. The van der Waals surface area contributed by atoms with E-state index in [0.717, 1.165) is 52.1 Å². The minimum Gasteiger partial charge on any atom is -0.357 e. The fourth-order valence-electron chi connectivity index (χ4n) is 5.55. The normalized spacial score (nSPS) is 18.1. The lowest BCUT2D eigenvalue weighted by Gasteiger charge is -2.33. The number of hydrogen-bond acceptors (Lipinski definition) is 8. The summed E-state index contributed by atoms with van der Waals surface area (Å²) < 4.78 is 31.1. The maximum atomic E-state index is 16.5. The SMILES string of the molecule is C#Cc1c(F)ccc2cncc(-c3ncc4c(N(C)C[C@@H]5CCCN5)nc(N5CCN(C)CC5)nc4c3F)c12. The number of nitrogens with zero attached hydrogens (tertiary/aromatic N) is 7. The van der Waals surface area contributed by atoms with Crippen LogP contribution in [0.3, 0.4) is 0 Å². The summed E-state index contributed by atoms with van der Waals surface area (Å²) in [6.45, 7) is 4.94. The van der Waals surface area contributed by atoms with E-state index in [2.05, 4.69) is 43.0 Å². The van der Waals surface area contributed by atoms with E-state index in [1.54, 1.807) is 18.5 Å². The lowest BCUT2D eigenvalue weighted by atomic mass is 9.98. The van der Waals surface area contributed by atoms with Crippen LogP contribution in [0.15, 0.2) is 30.7 Å². The molecule has 1 N–H and O–H groups in total. The van der Waals surface area contributed by atoms with Crippen LogP contribution in [0.1, 0.15) is 18.4 Å². The number of halogens is 2. The zero-order valence-electron chi connectivity index (χ0n) is 22.1. The minimum absolute atomic E-state index is 0.0248. The molecule has 0 amide bonds. The molecule has 4 aromatic rings. The summed E-state index contributed by atoms with van der Waals surface area (Å²) in [5.41, 5.74) is 0.568. The highest BCUT2D eigenvalue weighted by atomic mass is 19.1. The van der Waals surface area contributed by atoms with Crippen molar-refractivity contribution in [3.05, 3.63) is 47.9 Å². The number of likely N-dealkylation sites (N-methyl/N-ethyl adjacent to an activating group) is 2. The van der Waals surface area contributed by atoms with Crippen molar-refractivity contribution < 1.29 is 8.78 Å². The number of piperazine rings is 1. The van der Waals surface area contributed by atoms with Gasteiger partial charge in [0.05, 0.1) is 10.9 Å². The molecule has 2 saturated heterocycles. The highest BCUT2D eigenvalue weighted by Crippen LogP contribution is 2.36. The Balaban J connectivity index is 1.53. The van der Waals surface area contributed by atoms with Crippen molar-refractivity contribution in [3.8, 4) is 23.6 Å². The van der Waals surface area contributed by atoms with E-state index in [-0.39, 0.29) is 16.8 Å². The summed E-state index contributed by atoms with van der Waals surface area (Å²) in [6, 6.07) is 3.21. The molecule has 0 spiro atoms. The predicted molar refractivity (Wildman–Crippen MR) is 150 cm³/mol. The summed E-state index contributed by atoms with van der Waals surface area (Å²) in [6.07, 6.45) is 12.5. The zero-order valence-corrected chi connectivity index (χ0v) is 22.1. The van der Waals surface area contributed by atoms with Crippen LogP contribution >= 0.6 is 0 Å². The molecule has 2 aliphatic rings. The maximum absolute atomic E-state index is 16.5. The van der Waals surface area contributed by atoms with Crippen LogP contribution < -0.4 is 15.1 Å². The first-order valence-electron chi connectivity index (χ1n) is 13.2. The first-order valence-corrected chi connectivity index (χ1v) is 13.2. The van der Waals surface area contributed by atoms with Gasteiger partial charge < -0.3 is 20.0 Å². The minimum atomic E-state index is -0.611. The molecule has 0 bridgehead atoms. The summed E-state index contributed by atoms with van der Waals surface area (Å²) >= 11 is 0. The summed E-state index contributed by atoms with van der Waals surface area (Å²) in [7, 11) is 4.05. The average Bonchev–Trinajstić information content (AvgIpc) is 3.46. The van der Waals surface area contributed by atoms with Gasteiger partial charge in [-0.3, -0.25) is 9.97 Å². The van der Waals surface area contributed by atoms with Gasteiger partial charge in [-0.25, -0.2) is 13.8 Å². The third kappa shape index (κ3) is 4.62. The molecule has 2 aliphatic heterocycles. The first kappa shape index (κ1) is 25.3. The van der Waals surface area contributed by atoms with E-state index < -0.39 is 11.6 Å². The average molecular weight is 529 g/mol. The van der Waals surface area contributed by atoms with Gasteiger partial charge in [-0.2, -0.15) is 4.98 Å². The van der Waals surface area contributed by atoms with Crippen molar-refractivity contribution >= 4 is 33.4 Å². The molecule has 39 heavy (non-hydrogen) atoms. The quantitative estimate of drug-likeness (QED) is 0.395. The van der Waals surface area contributed by atoms with Crippen LogP contribution in [0.25, 0.3) is 32.9 Å². The largest absolute Gasteiger partial charge is 0.357 e. The molecule has 3 aromatic heterocycles. The molecular weight excluding hydrogens is 498 g/mol. The second-order valence-corrected chi connectivity index (χ2v) is 10.3. The Kier molecular flexibility index (Phi) is 6.71. The van der Waals surface area contributed by atoms with Gasteiger partial charge in [-0.05, 0) is 38.6 Å². The lowest BCUT2D eigenvalue weighted by molar-refractivity contribution is 0.311. The van der Waals surface area contributed by atoms with Crippen LogP contribution in [0, 0.1) is 24.0 Å². The molecule has 10 heteroatoms. The molecule has 0 aliphatic carbocycles. The number of terminal acetylenes is 1. The predicted octanol–water partition coefficient (Wildman–Crippen LogP) is 3.44. The molecule has 6 rings (SSSR count). The molecule has 8 nitrogen and oxygen atoms in total. The van der Waals surface area contributed by atoms with Crippen molar-refractivity contribution in [3.63, 3.8) is 0 Å². The number of benzene rings is 1. The molecule has 200 valence electrons. The van der Waals surface area contributed by atoms with Gasteiger partial charge in [0.25, 0.3) is 0 Å². The molecule has 1 aromatic carbocycles. The number of anilines is 2. The van der Waals surface area contributed by atoms with Crippen LogP contribution in [0.5, 0.6) is 0 Å². The Hall–Kier alpha value is -3.94. The van der Waals surface area contributed by atoms with Gasteiger partial charge >= 0.3 is 0 Å². The molecule has 0 saturated carbocycles. The molecule has 0 radical (unpaired) electrons. The van der Waals surface area contributed by atoms with E-state index in [1.807, 2.05) is 7.05 Å². The lowest BCUT2D eigenvalue weighted by Crippen LogP contribution is -2.45. The number of fused-ring (bicyclic) bond motifs is 2. The van der Waals surface area contributed by atoms with E-state index >= 15 is 4.39 Å². The smallest absolute Gasteiger partial charge is 0.228 e. The molecule has 5 heterocycles. The summed E-state index contributed by atoms with van der Waals surface area (Å²) in [4.78, 5) is 24.8. The van der Waals surface area contributed by atoms with E-state index in [0.29, 0.717) is 39.5 Å². The topological polar surface area (TPSA) is 73.3 Å². The van der Waals surface area contributed by atoms with Crippen molar-refractivity contribution in [2.75, 3.05) is 63.2 Å². The van der Waals surface area contributed by atoms with Crippen LogP contribution in [0.2, 0.25) is 0 Å². The van der Waals surface area contributed by atoms with Crippen molar-refractivity contribution in [2.24, 2.45) is 0 Å². The maximum Gasteiger partial charge on any atom is 0.228 e. The summed E-state index contributed by atoms with van der Waals surface area (Å²) in [5, 5.41) is 5.04. The third-order valence-corrected chi connectivity index (χ3v) is 7.73. The summed E-state index contributed by atoms with van der Waals surface area (Å²) in [5.74, 6) is 2.37. The highest BCUT2D eigenvalue weighted by Gasteiger charge is 2.26. The van der Waals surface area contributed by atoms with Crippen LogP contribution in [-0.4, -0.2) is 84.2 Å². The second kappa shape index (κ2) is 10.3. The number of pyridine rings is 2. The Bertz CT molecular complexity index is 1590. The van der Waals surface area contributed by atoms with Gasteiger partial charge in [-0.15, -0.1) is 6.42 Å². The fraction of sp³-hybridized carbons (Fsp3) is 0.379. The first-order chi connectivity index (χ1) is 18.9. The zero-order chi connectivity index (χ0) is 27.1. The Morgan fingerprint density at radius 3 is 2.69 bits per heavy atom. The molecule has 2 fully saturated rings. The number of hydrogen-bond donors (Lipinski definition) is 1. The number of rotatable bonds is 5. The van der Waals surface area contributed by atoms with Gasteiger partial charge in [0.1, 0.15) is 22.8 Å². The van der Waals surface area contributed by atoms with E-state index in [4.69, 9.17) is 16.4 Å². The second-order valence-electron chi connectivity index (χ2n) is 10.3. The fourth-order valence-corrected chi connectivity index (χ4v) is 5.55. The Labute approximate surface area is 226 Å². The van der Waals surface area contributed by atoms with Gasteiger partial charge in [0.15, 0.2) is 5.82 Å². The van der Waals surface area contributed by atoms with Crippen molar-refractivity contribution in [2.45, 2.75) is 18.9 Å². The van der Waals surface area contributed by atoms with Crippen molar-refractivity contribution in [1.82, 2.24) is 30.2 Å². The number of aromatic nitrogens is 4. The standard InChI is InChI=1S/C29H30F2N8/c1-4-20-23(30)8-7-18-14-32-15-21(24(18)20)26-25(31)27-22(16-34-26)28(38(3)17-19-6-5-9-33-19)36-29(35-27)39-12-10-37(2)11-13-39/h1,7-8,14-16,19,33H,5-6,9-13,17H2,2-3H3/t19-/m0/s1. The van der Waals surface area contributed by atoms with Gasteiger partial charge in [0.2, 0.25) is 5.95 Å². The van der Waals surface area contributed by atoms with E-state index in [1.165, 1.54) is 12.3 Å². The highest BCUT2D eigenvalue weighted by molar-refractivity contribution is 6.01.